The Labute approximate surface area is 125 Å². The maximum atomic E-state index is 11.0. The van der Waals surface area contributed by atoms with E-state index in [9.17, 15) is 4.79 Å². The molecule has 6 heteroatoms. The van der Waals surface area contributed by atoms with Crippen molar-refractivity contribution in [2.45, 2.75) is 19.0 Å². The number of aromatic nitrogens is 1. The van der Waals surface area contributed by atoms with E-state index >= 15 is 0 Å². The Morgan fingerprint density at radius 2 is 2.15 bits per heavy atom. The Morgan fingerprint density at radius 1 is 1.30 bits per heavy atom. The van der Waals surface area contributed by atoms with E-state index in [0.29, 0.717) is 12.6 Å². The van der Waals surface area contributed by atoms with Gasteiger partial charge in [0.05, 0.1) is 12.2 Å². The fourth-order valence-electron chi connectivity index (χ4n) is 2.09. The third-order valence-electron chi connectivity index (χ3n) is 3.04. The highest BCUT2D eigenvalue weighted by Crippen LogP contribution is 2.17. The van der Waals surface area contributed by atoms with Crippen LogP contribution in [0.1, 0.15) is 11.3 Å². The van der Waals surface area contributed by atoms with Gasteiger partial charge in [-0.1, -0.05) is 53.4 Å². The fraction of sp³-hybridized carbons (Fsp3) is 0.286. The maximum Gasteiger partial charge on any atom is 0.304 e. The third kappa shape index (κ3) is 3.52. The van der Waals surface area contributed by atoms with Gasteiger partial charge in [0, 0.05) is 17.2 Å². The zero-order chi connectivity index (χ0) is 13.8. The summed E-state index contributed by atoms with van der Waals surface area (Å²) in [4.78, 5) is 18.3. The van der Waals surface area contributed by atoms with Crippen LogP contribution in [0.2, 0.25) is 0 Å². The summed E-state index contributed by atoms with van der Waals surface area (Å²) in [7, 11) is 0. The molecule has 1 aliphatic heterocycles. The maximum absolute atomic E-state index is 11.0. The summed E-state index contributed by atoms with van der Waals surface area (Å²) in [6.07, 6.45) is 1.02. The second-order valence-electron chi connectivity index (χ2n) is 4.64. The van der Waals surface area contributed by atoms with Gasteiger partial charge in [-0.05, 0) is 12.0 Å². The minimum atomic E-state index is -0.0193. The Bertz CT molecular complexity index is 648. The van der Waals surface area contributed by atoms with Crippen molar-refractivity contribution >= 4 is 28.3 Å². The van der Waals surface area contributed by atoms with Crippen molar-refractivity contribution in [1.82, 2.24) is 10.3 Å². The highest BCUT2D eigenvalue weighted by molar-refractivity contribution is 8.14. The van der Waals surface area contributed by atoms with E-state index in [2.05, 4.69) is 39.6 Å². The number of hydrogen-bond donors (Lipinski definition) is 2. The number of thiazole rings is 1. The molecule has 20 heavy (non-hydrogen) atoms. The van der Waals surface area contributed by atoms with E-state index in [1.54, 1.807) is 11.8 Å². The molecule has 1 aromatic carbocycles. The number of thioether (sulfide) groups is 1. The van der Waals surface area contributed by atoms with Crippen molar-refractivity contribution in [2.75, 3.05) is 5.75 Å². The summed E-state index contributed by atoms with van der Waals surface area (Å²) >= 11 is 2.93. The first-order valence-electron chi connectivity index (χ1n) is 6.44. The third-order valence-corrected chi connectivity index (χ3v) is 4.85. The van der Waals surface area contributed by atoms with Gasteiger partial charge in [-0.15, -0.1) is 0 Å². The van der Waals surface area contributed by atoms with E-state index in [4.69, 9.17) is 0 Å². The van der Waals surface area contributed by atoms with E-state index in [1.807, 2.05) is 11.4 Å². The number of amidine groups is 1. The van der Waals surface area contributed by atoms with Crippen LogP contribution in [0.15, 0.2) is 45.5 Å². The molecule has 4 nitrogen and oxygen atoms in total. The van der Waals surface area contributed by atoms with Crippen LogP contribution in [0.5, 0.6) is 0 Å². The van der Waals surface area contributed by atoms with Gasteiger partial charge in [-0.25, -0.2) is 0 Å². The predicted octanol–water partition coefficient (Wildman–Crippen LogP) is 2.24. The summed E-state index contributed by atoms with van der Waals surface area (Å²) in [6.45, 7) is 0.534. The van der Waals surface area contributed by atoms with E-state index < -0.39 is 0 Å². The number of rotatable bonds is 4. The van der Waals surface area contributed by atoms with Gasteiger partial charge in [0.2, 0.25) is 0 Å². The van der Waals surface area contributed by atoms with Crippen LogP contribution in [0.3, 0.4) is 0 Å². The van der Waals surface area contributed by atoms with Crippen LogP contribution < -0.4 is 10.2 Å². The SMILES string of the molecule is O=c1[nH]c(CN=C2NC(Cc3ccccc3)CS2)cs1. The molecule has 1 fully saturated rings. The van der Waals surface area contributed by atoms with Crippen LogP contribution >= 0.6 is 23.1 Å². The number of aliphatic imine (C=N–C) groups is 1. The van der Waals surface area contributed by atoms with Crippen LogP contribution in [0.25, 0.3) is 0 Å². The Balaban J connectivity index is 1.55. The predicted molar refractivity (Wildman–Crippen MR) is 85.6 cm³/mol. The standard InChI is InChI=1S/C14H15N3OS2/c18-14-17-12(9-20-14)7-15-13-16-11(8-19-13)6-10-4-2-1-3-5-10/h1-5,9,11H,6-8H2,(H,15,16)(H,17,18). The van der Waals surface area contributed by atoms with Gasteiger partial charge in [-0.2, -0.15) is 0 Å². The average Bonchev–Trinajstić information content (AvgIpc) is 3.07. The molecule has 2 aromatic rings. The zero-order valence-electron chi connectivity index (χ0n) is 10.8. The number of H-pyrrole nitrogens is 1. The minimum Gasteiger partial charge on any atom is -0.361 e. The molecule has 2 N–H and O–H groups in total. The normalized spacial score (nSPS) is 20.2. The number of nitrogens with one attached hydrogen (secondary N) is 2. The molecular formula is C14H15N3OS2. The largest absolute Gasteiger partial charge is 0.361 e. The Kier molecular flexibility index (Phi) is 4.22. The summed E-state index contributed by atoms with van der Waals surface area (Å²) in [6, 6.07) is 10.9. The highest BCUT2D eigenvalue weighted by Gasteiger charge is 2.20. The summed E-state index contributed by atoms with van der Waals surface area (Å²) < 4.78 is 0. The highest BCUT2D eigenvalue weighted by atomic mass is 32.2. The van der Waals surface area contributed by atoms with Crippen molar-refractivity contribution in [1.29, 1.82) is 0 Å². The van der Waals surface area contributed by atoms with Crippen molar-refractivity contribution < 1.29 is 0 Å². The fourth-order valence-corrected chi connectivity index (χ4v) is 3.62. The van der Waals surface area contributed by atoms with Crippen molar-refractivity contribution in [3.05, 3.63) is 56.6 Å². The lowest BCUT2D eigenvalue weighted by molar-refractivity contribution is 0.686. The second-order valence-corrected chi connectivity index (χ2v) is 6.49. The zero-order valence-corrected chi connectivity index (χ0v) is 12.5. The van der Waals surface area contributed by atoms with E-state index in [-0.39, 0.29) is 4.87 Å². The molecule has 104 valence electrons. The molecule has 0 bridgehead atoms. The van der Waals surface area contributed by atoms with Crippen molar-refractivity contribution in [2.24, 2.45) is 4.99 Å². The first-order chi connectivity index (χ1) is 9.79. The number of aromatic amines is 1. The van der Waals surface area contributed by atoms with Crippen LogP contribution in [0.4, 0.5) is 0 Å². The van der Waals surface area contributed by atoms with Gasteiger partial charge in [-0.3, -0.25) is 9.79 Å². The molecule has 0 amide bonds. The molecule has 1 saturated heterocycles. The number of benzene rings is 1. The molecule has 2 heterocycles. The van der Waals surface area contributed by atoms with E-state index in [0.717, 1.165) is 23.0 Å². The van der Waals surface area contributed by atoms with Gasteiger partial charge in [0.15, 0.2) is 5.17 Å². The van der Waals surface area contributed by atoms with Crippen LogP contribution in [-0.2, 0) is 13.0 Å². The lowest BCUT2D eigenvalue weighted by atomic mass is 10.1. The lowest BCUT2D eigenvalue weighted by Crippen LogP contribution is -2.29. The average molecular weight is 305 g/mol. The molecule has 1 atom stereocenters. The topological polar surface area (TPSA) is 57.2 Å². The summed E-state index contributed by atoms with van der Waals surface area (Å²) in [5, 5.41) is 6.24. The van der Waals surface area contributed by atoms with E-state index in [1.165, 1.54) is 16.9 Å². The minimum absolute atomic E-state index is 0.0193. The van der Waals surface area contributed by atoms with Crippen LogP contribution in [-0.4, -0.2) is 21.9 Å². The monoisotopic (exact) mass is 305 g/mol. The molecule has 0 spiro atoms. The summed E-state index contributed by atoms with van der Waals surface area (Å²) in [5.41, 5.74) is 2.22. The van der Waals surface area contributed by atoms with Gasteiger partial charge < -0.3 is 10.3 Å². The first-order valence-corrected chi connectivity index (χ1v) is 8.30. The van der Waals surface area contributed by atoms with Crippen molar-refractivity contribution in [3.63, 3.8) is 0 Å². The van der Waals surface area contributed by atoms with Gasteiger partial charge >= 0.3 is 4.87 Å². The molecule has 0 aliphatic carbocycles. The number of nitrogens with zero attached hydrogens (tertiary/aromatic N) is 1. The Hall–Kier alpha value is -1.53. The molecule has 1 aliphatic rings. The molecule has 0 radical (unpaired) electrons. The van der Waals surface area contributed by atoms with Crippen LogP contribution in [0, 0.1) is 0 Å². The molecule has 0 saturated carbocycles. The smallest absolute Gasteiger partial charge is 0.304 e. The van der Waals surface area contributed by atoms with Crippen molar-refractivity contribution in [3.8, 4) is 0 Å². The number of hydrogen-bond acceptors (Lipinski definition) is 4. The van der Waals surface area contributed by atoms with Gasteiger partial charge in [0.1, 0.15) is 0 Å². The molecule has 3 rings (SSSR count). The first kappa shape index (κ1) is 13.5. The second kappa shape index (κ2) is 6.28. The molecular weight excluding hydrogens is 290 g/mol. The Morgan fingerprint density at radius 3 is 2.90 bits per heavy atom. The molecule has 1 unspecified atom stereocenters. The lowest BCUT2D eigenvalue weighted by Gasteiger charge is -2.09. The summed E-state index contributed by atoms with van der Waals surface area (Å²) in [5.74, 6) is 1.04. The quantitative estimate of drug-likeness (QED) is 0.911. The molecule has 1 aromatic heterocycles. The van der Waals surface area contributed by atoms with Gasteiger partial charge in [0.25, 0.3) is 0 Å².